The van der Waals surface area contributed by atoms with Crippen molar-refractivity contribution in [1.29, 1.82) is 0 Å². The van der Waals surface area contributed by atoms with Crippen molar-refractivity contribution < 1.29 is 4.79 Å². The lowest BCUT2D eigenvalue weighted by Gasteiger charge is -2.33. The molecular weight excluding hydrogens is 312 g/mol. The third kappa shape index (κ3) is 2.61. The highest BCUT2D eigenvalue weighted by Gasteiger charge is 2.34. The maximum absolute atomic E-state index is 11.7. The number of hydrogen-bond acceptors (Lipinski definition) is 3. The summed E-state index contributed by atoms with van der Waals surface area (Å²) in [5.41, 5.74) is 9.55. The molecule has 0 fully saturated rings. The molecular formula is C20H22N4O. The first-order chi connectivity index (χ1) is 12.1. The van der Waals surface area contributed by atoms with Crippen LogP contribution in [0.2, 0.25) is 0 Å². The second-order valence-electron chi connectivity index (χ2n) is 6.82. The van der Waals surface area contributed by atoms with Crippen molar-refractivity contribution in [2.75, 3.05) is 6.54 Å². The molecule has 0 saturated heterocycles. The van der Waals surface area contributed by atoms with E-state index in [0.717, 1.165) is 30.7 Å². The number of carbonyl (C=O) groups is 1. The molecule has 128 valence electrons. The number of nitrogens with one attached hydrogen (secondary N) is 2. The van der Waals surface area contributed by atoms with E-state index in [0.29, 0.717) is 11.1 Å². The van der Waals surface area contributed by atoms with Gasteiger partial charge in [0.05, 0.1) is 16.6 Å². The molecule has 0 aliphatic carbocycles. The van der Waals surface area contributed by atoms with Crippen LogP contribution in [0.4, 0.5) is 0 Å². The molecule has 0 radical (unpaired) electrons. The maximum atomic E-state index is 11.7. The Morgan fingerprint density at radius 3 is 2.84 bits per heavy atom. The van der Waals surface area contributed by atoms with E-state index in [1.54, 1.807) is 6.07 Å². The topological polar surface area (TPSA) is 83.8 Å². The summed E-state index contributed by atoms with van der Waals surface area (Å²) < 4.78 is 0. The number of hydrogen-bond donors (Lipinski definition) is 3. The quantitative estimate of drug-likeness (QED) is 0.674. The fourth-order valence-electron chi connectivity index (χ4n) is 3.78. The zero-order valence-corrected chi connectivity index (χ0v) is 14.3. The predicted molar refractivity (Wildman–Crippen MR) is 98.4 cm³/mol. The number of para-hydroxylation sites is 1. The van der Waals surface area contributed by atoms with Gasteiger partial charge in [0.2, 0.25) is 0 Å². The number of benzene rings is 2. The van der Waals surface area contributed by atoms with Gasteiger partial charge in [0.25, 0.3) is 5.91 Å². The van der Waals surface area contributed by atoms with E-state index in [1.165, 1.54) is 17.5 Å². The molecule has 2 aromatic carbocycles. The summed E-state index contributed by atoms with van der Waals surface area (Å²) in [5, 5.41) is 3.67. The van der Waals surface area contributed by atoms with Gasteiger partial charge >= 0.3 is 0 Å². The second kappa shape index (κ2) is 6.01. The van der Waals surface area contributed by atoms with E-state index in [4.69, 9.17) is 10.7 Å². The largest absolute Gasteiger partial charge is 0.366 e. The number of rotatable bonds is 2. The van der Waals surface area contributed by atoms with Crippen LogP contribution in [-0.2, 0) is 12.0 Å². The van der Waals surface area contributed by atoms with Crippen LogP contribution in [0.3, 0.4) is 0 Å². The van der Waals surface area contributed by atoms with Crippen molar-refractivity contribution in [3.05, 3.63) is 65.0 Å². The number of primary amides is 1. The Labute approximate surface area is 146 Å². The van der Waals surface area contributed by atoms with Gasteiger partial charge in [-0.25, -0.2) is 4.98 Å². The highest BCUT2D eigenvalue weighted by atomic mass is 16.1. The van der Waals surface area contributed by atoms with E-state index in [1.807, 2.05) is 12.1 Å². The summed E-state index contributed by atoms with van der Waals surface area (Å²) >= 11 is 0. The monoisotopic (exact) mass is 334 g/mol. The minimum atomic E-state index is -0.458. The molecule has 1 atom stereocenters. The van der Waals surface area contributed by atoms with Crippen LogP contribution in [0.15, 0.2) is 42.5 Å². The average Bonchev–Trinajstić information content (AvgIpc) is 3.04. The lowest BCUT2D eigenvalue weighted by molar-refractivity contribution is 0.100. The first-order valence-corrected chi connectivity index (χ1v) is 8.72. The van der Waals surface area contributed by atoms with Crippen LogP contribution < -0.4 is 11.1 Å². The van der Waals surface area contributed by atoms with Gasteiger partial charge < -0.3 is 16.0 Å². The number of imidazole rings is 1. The van der Waals surface area contributed by atoms with E-state index in [2.05, 4.69) is 41.5 Å². The molecule has 2 heterocycles. The number of fused-ring (bicyclic) bond motifs is 2. The second-order valence-corrected chi connectivity index (χ2v) is 6.82. The molecule has 3 aromatic rings. The van der Waals surface area contributed by atoms with Crippen LogP contribution in [-0.4, -0.2) is 22.4 Å². The number of aromatic amines is 1. The van der Waals surface area contributed by atoms with Gasteiger partial charge in [0.1, 0.15) is 11.3 Å². The Bertz CT molecular complexity index is 946. The highest BCUT2D eigenvalue weighted by Crippen LogP contribution is 2.33. The molecule has 0 spiro atoms. The molecule has 0 bridgehead atoms. The Morgan fingerprint density at radius 1 is 1.16 bits per heavy atom. The molecule has 0 saturated carbocycles. The van der Waals surface area contributed by atoms with Crippen molar-refractivity contribution in [3.63, 3.8) is 0 Å². The van der Waals surface area contributed by atoms with Gasteiger partial charge in [-0.1, -0.05) is 30.3 Å². The smallest absolute Gasteiger partial charge is 0.250 e. The molecule has 1 unspecified atom stereocenters. The van der Waals surface area contributed by atoms with Crippen molar-refractivity contribution in [3.8, 4) is 0 Å². The Hall–Kier alpha value is -2.66. The summed E-state index contributed by atoms with van der Waals surface area (Å²) in [7, 11) is 0. The summed E-state index contributed by atoms with van der Waals surface area (Å²) in [6.45, 7) is 3.07. The molecule has 5 nitrogen and oxygen atoms in total. The van der Waals surface area contributed by atoms with Crippen LogP contribution in [0.5, 0.6) is 0 Å². The summed E-state index contributed by atoms with van der Waals surface area (Å²) in [6, 6.07) is 14.0. The minimum absolute atomic E-state index is 0.440. The molecule has 1 amide bonds. The SMILES string of the molecule is CC1(c2nc3c(C(N)=O)cccc3[nH]2)NCCCCc2ccccc21. The molecule has 4 N–H and O–H groups in total. The average molecular weight is 334 g/mol. The lowest BCUT2D eigenvalue weighted by atomic mass is 9.84. The zero-order chi connectivity index (χ0) is 17.4. The molecule has 5 heteroatoms. The van der Waals surface area contributed by atoms with Gasteiger partial charge in [0.15, 0.2) is 0 Å². The van der Waals surface area contributed by atoms with Gasteiger partial charge in [-0.2, -0.15) is 0 Å². The van der Waals surface area contributed by atoms with Crippen LogP contribution >= 0.6 is 0 Å². The molecule has 4 rings (SSSR count). The fourth-order valence-corrected chi connectivity index (χ4v) is 3.78. The lowest BCUT2D eigenvalue weighted by Crippen LogP contribution is -2.43. The van der Waals surface area contributed by atoms with Gasteiger partial charge in [-0.05, 0) is 56.0 Å². The number of nitrogens with zero attached hydrogens (tertiary/aromatic N) is 1. The number of aryl methyl sites for hydroxylation is 1. The molecule has 1 aliphatic rings. The third-order valence-electron chi connectivity index (χ3n) is 5.16. The van der Waals surface area contributed by atoms with Gasteiger partial charge in [-0.3, -0.25) is 4.79 Å². The van der Waals surface area contributed by atoms with Crippen LogP contribution in [0.1, 0.15) is 47.1 Å². The summed E-state index contributed by atoms with van der Waals surface area (Å²) in [5.74, 6) is 0.352. The zero-order valence-electron chi connectivity index (χ0n) is 14.3. The third-order valence-corrected chi connectivity index (χ3v) is 5.16. The predicted octanol–water partition coefficient (Wildman–Crippen LogP) is 2.85. The highest BCUT2D eigenvalue weighted by molar-refractivity contribution is 6.04. The van der Waals surface area contributed by atoms with Crippen molar-refractivity contribution in [2.24, 2.45) is 5.73 Å². The van der Waals surface area contributed by atoms with Gasteiger partial charge in [-0.15, -0.1) is 0 Å². The molecule has 1 aliphatic heterocycles. The first kappa shape index (κ1) is 15.8. The fraction of sp³-hybridized carbons (Fsp3) is 0.300. The first-order valence-electron chi connectivity index (χ1n) is 8.72. The Kier molecular flexibility index (Phi) is 3.81. The van der Waals surface area contributed by atoms with Crippen LogP contribution in [0.25, 0.3) is 11.0 Å². The van der Waals surface area contributed by atoms with Gasteiger partial charge in [0, 0.05) is 0 Å². The van der Waals surface area contributed by atoms with E-state index in [-0.39, 0.29) is 0 Å². The van der Waals surface area contributed by atoms with Crippen molar-refractivity contribution >= 4 is 16.9 Å². The normalized spacial score (nSPS) is 20.7. The molecule has 1 aromatic heterocycles. The van der Waals surface area contributed by atoms with Crippen molar-refractivity contribution in [2.45, 2.75) is 31.7 Å². The molecule has 25 heavy (non-hydrogen) atoms. The number of carbonyl (C=O) groups excluding carboxylic acids is 1. The number of amides is 1. The summed E-state index contributed by atoms with van der Waals surface area (Å²) in [6.07, 6.45) is 3.36. The number of nitrogens with two attached hydrogens (primary N) is 1. The Balaban J connectivity index is 1.92. The van der Waals surface area contributed by atoms with E-state index >= 15 is 0 Å². The van der Waals surface area contributed by atoms with Crippen LogP contribution in [0, 0.1) is 0 Å². The standard InChI is InChI=1S/C20H22N4O/c1-20(15-10-3-2-7-13(15)8-4-5-12-22-20)19-23-16-11-6-9-14(18(21)25)17(16)24-19/h2-3,6-7,9-11,22H,4-5,8,12H2,1H3,(H2,21,25)(H,23,24). The van der Waals surface area contributed by atoms with E-state index < -0.39 is 11.4 Å². The number of aromatic nitrogens is 2. The maximum Gasteiger partial charge on any atom is 0.250 e. The Morgan fingerprint density at radius 2 is 2.00 bits per heavy atom. The van der Waals surface area contributed by atoms with E-state index in [9.17, 15) is 4.79 Å². The minimum Gasteiger partial charge on any atom is -0.366 e. The van der Waals surface area contributed by atoms with Crippen molar-refractivity contribution in [1.82, 2.24) is 15.3 Å². The number of H-pyrrole nitrogens is 1. The summed E-state index contributed by atoms with van der Waals surface area (Å²) in [4.78, 5) is 19.9.